The highest BCUT2D eigenvalue weighted by Crippen LogP contribution is 2.38. The van der Waals surface area contributed by atoms with Crippen LogP contribution in [0.15, 0.2) is 30.5 Å². The van der Waals surface area contributed by atoms with Crippen molar-refractivity contribution < 1.29 is 9.53 Å². The van der Waals surface area contributed by atoms with Crippen LogP contribution < -0.4 is 9.64 Å². The number of unbranched alkanes of at least 4 members (excludes halogenated alkanes) is 2. The number of fused-ring (bicyclic) bond motifs is 2. The van der Waals surface area contributed by atoms with Crippen LogP contribution in [0, 0.1) is 6.92 Å². The molecule has 0 saturated heterocycles. The fraction of sp³-hybridized carbons (Fsp3) is 0.353. The van der Waals surface area contributed by atoms with Crippen molar-refractivity contribution in [1.29, 1.82) is 0 Å². The van der Waals surface area contributed by atoms with E-state index in [9.17, 15) is 4.79 Å². The quantitative estimate of drug-likeness (QED) is 0.807. The molecule has 1 aromatic carbocycles. The summed E-state index contributed by atoms with van der Waals surface area (Å²) in [4.78, 5) is 14.6. The maximum atomic E-state index is 12.9. The minimum Gasteiger partial charge on any atom is -0.435 e. The second-order valence-electron chi connectivity index (χ2n) is 5.49. The summed E-state index contributed by atoms with van der Waals surface area (Å²) in [5, 5.41) is 7.79. The van der Waals surface area contributed by atoms with E-state index in [-0.39, 0.29) is 11.8 Å². The Kier molecular flexibility index (Phi) is 4.04. The number of amides is 1. The Labute approximate surface area is 129 Å². The van der Waals surface area contributed by atoms with E-state index in [1.807, 2.05) is 25.1 Å². The van der Waals surface area contributed by atoms with Gasteiger partial charge in [-0.1, -0.05) is 25.8 Å². The van der Waals surface area contributed by atoms with Crippen molar-refractivity contribution in [3.05, 3.63) is 41.6 Å². The predicted molar refractivity (Wildman–Crippen MR) is 84.5 cm³/mol. The van der Waals surface area contributed by atoms with Crippen molar-refractivity contribution in [3.8, 4) is 11.6 Å². The normalized spacial score (nSPS) is 13.2. The second-order valence-corrected chi connectivity index (χ2v) is 5.49. The Morgan fingerprint density at radius 2 is 2.09 bits per heavy atom. The molecule has 114 valence electrons. The third-order valence-electron chi connectivity index (χ3n) is 3.76. The molecule has 5 heteroatoms. The first-order valence-electron chi connectivity index (χ1n) is 7.62. The van der Waals surface area contributed by atoms with Gasteiger partial charge in [-0.3, -0.25) is 4.79 Å². The van der Waals surface area contributed by atoms with E-state index in [1.54, 1.807) is 11.0 Å². The molecule has 0 atom stereocenters. The van der Waals surface area contributed by atoms with Crippen molar-refractivity contribution in [1.82, 2.24) is 10.2 Å². The largest absolute Gasteiger partial charge is 0.435 e. The van der Waals surface area contributed by atoms with Gasteiger partial charge < -0.3 is 9.64 Å². The van der Waals surface area contributed by atoms with E-state index >= 15 is 0 Å². The highest BCUT2D eigenvalue weighted by atomic mass is 16.5. The molecule has 0 saturated carbocycles. The standard InChI is InChI=1S/C17H19N3O2/c1-3-4-5-10-20-14-7-6-12(2)11-15(14)22-16-13(17(20)21)8-9-18-19-16/h6-9,11H,3-5,10H2,1-2H3. The van der Waals surface area contributed by atoms with Crippen LogP contribution >= 0.6 is 0 Å². The number of hydrogen-bond donors (Lipinski definition) is 0. The number of carbonyl (C=O) groups excluding carboxylic acids is 1. The Hall–Kier alpha value is -2.43. The molecule has 1 aliphatic heterocycles. The molecule has 2 heterocycles. The number of carbonyl (C=O) groups is 1. The van der Waals surface area contributed by atoms with Gasteiger partial charge in [-0.05, 0) is 37.1 Å². The van der Waals surface area contributed by atoms with Gasteiger partial charge in [-0.15, -0.1) is 5.10 Å². The number of anilines is 1. The zero-order chi connectivity index (χ0) is 15.5. The smallest absolute Gasteiger partial charge is 0.264 e. The molecule has 0 N–H and O–H groups in total. The van der Waals surface area contributed by atoms with E-state index in [4.69, 9.17) is 4.74 Å². The van der Waals surface area contributed by atoms with Crippen LogP contribution in [0.5, 0.6) is 11.6 Å². The van der Waals surface area contributed by atoms with E-state index < -0.39 is 0 Å². The number of ether oxygens (including phenoxy) is 1. The molecule has 3 rings (SSSR count). The maximum Gasteiger partial charge on any atom is 0.264 e. The van der Waals surface area contributed by atoms with Crippen molar-refractivity contribution in [2.45, 2.75) is 33.1 Å². The lowest BCUT2D eigenvalue weighted by Gasteiger charge is -2.22. The molecule has 5 nitrogen and oxygen atoms in total. The molecule has 0 bridgehead atoms. The number of aryl methyl sites for hydroxylation is 1. The maximum absolute atomic E-state index is 12.9. The zero-order valence-electron chi connectivity index (χ0n) is 12.9. The van der Waals surface area contributed by atoms with Gasteiger partial charge in [-0.25, -0.2) is 0 Å². The van der Waals surface area contributed by atoms with Crippen LogP contribution in [0.1, 0.15) is 42.1 Å². The molecule has 0 fully saturated rings. The summed E-state index contributed by atoms with van der Waals surface area (Å²) >= 11 is 0. The lowest BCUT2D eigenvalue weighted by Crippen LogP contribution is -2.31. The van der Waals surface area contributed by atoms with Gasteiger partial charge in [0.2, 0.25) is 0 Å². The van der Waals surface area contributed by atoms with Gasteiger partial charge in [0.15, 0.2) is 5.75 Å². The average molecular weight is 297 g/mol. The van der Waals surface area contributed by atoms with Gasteiger partial charge in [0, 0.05) is 6.54 Å². The number of nitrogens with zero attached hydrogens (tertiary/aromatic N) is 3. The van der Waals surface area contributed by atoms with Gasteiger partial charge >= 0.3 is 0 Å². The topological polar surface area (TPSA) is 55.3 Å². The van der Waals surface area contributed by atoms with Gasteiger partial charge in [-0.2, -0.15) is 5.10 Å². The van der Waals surface area contributed by atoms with Crippen LogP contribution in [0.3, 0.4) is 0 Å². The minimum absolute atomic E-state index is 0.0800. The Morgan fingerprint density at radius 1 is 1.23 bits per heavy atom. The second kappa shape index (κ2) is 6.13. The van der Waals surface area contributed by atoms with Crippen molar-refractivity contribution in [3.63, 3.8) is 0 Å². The molecular formula is C17H19N3O2. The fourth-order valence-electron chi connectivity index (χ4n) is 2.58. The summed E-state index contributed by atoms with van der Waals surface area (Å²) in [6.45, 7) is 4.82. The van der Waals surface area contributed by atoms with Crippen molar-refractivity contribution in [2.24, 2.45) is 0 Å². The van der Waals surface area contributed by atoms with Crippen LogP contribution in [-0.2, 0) is 0 Å². The number of aromatic nitrogens is 2. The van der Waals surface area contributed by atoms with Crippen LogP contribution in [0.4, 0.5) is 5.69 Å². The average Bonchev–Trinajstić information content (AvgIpc) is 2.63. The molecular weight excluding hydrogens is 278 g/mol. The summed E-state index contributed by atoms with van der Waals surface area (Å²) < 4.78 is 5.85. The van der Waals surface area contributed by atoms with Crippen molar-refractivity contribution >= 4 is 11.6 Å². The Bertz CT molecular complexity index is 700. The van der Waals surface area contributed by atoms with Crippen molar-refractivity contribution in [2.75, 3.05) is 11.4 Å². The van der Waals surface area contributed by atoms with Crippen LogP contribution in [-0.4, -0.2) is 22.6 Å². The molecule has 0 spiro atoms. The molecule has 2 aromatic rings. The molecule has 0 unspecified atom stereocenters. The first-order valence-corrected chi connectivity index (χ1v) is 7.62. The first-order chi connectivity index (χ1) is 10.7. The summed E-state index contributed by atoms with van der Waals surface area (Å²) in [6.07, 6.45) is 4.68. The highest BCUT2D eigenvalue weighted by molar-refractivity contribution is 6.09. The third kappa shape index (κ3) is 2.66. The first kappa shape index (κ1) is 14.5. The van der Waals surface area contributed by atoms with Gasteiger partial charge in [0.1, 0.15) is 5.56 Å². The SMILES string of the molecule is CCCCCN1C(=O)c2ccnnc2Oc2cc(C)ccc21. The molecule has 1 aliphatic rings. The monoisotopic (exact) mass is 297 g/mol. The third-order valence-corrected chi connectivity index (χ3v) is 3.76. The number of benzene rings is 1. The number of hydrogen-bond acceptors (Lipinski definition) is 4. The van der Waals surface area contributed by atoms with E-state index in [0.717, 1.165) is 30.5 Å². The predicted octanol–water partition coefficient (Wildman–Crippen LogP) is 3.73. The Morgan fingerprint density at radius 3 is 2.91 bits per heavy atom. The minimum atomic E-state index is -0.0800. The van der Waals surface area contributed by atoms with Crippen LogP contribution in [0.25, 0.3) is 0 Å². The molecule has 1 amide bonds. The van der Waals surface area contributed by atoms with Crippen LogP contribution in [0.2, 0.25) is 0 Å². The lowest BCUT2D eigenvalue weighted by molar-refractivity contribution is 0.0986. The summed E-state index contributed by atoms with van der Waals surface area (Å²) in [6, 6.07) is 7.52. The molecule has 0 radical (unpaired) electrons. The zero-order valence-corrected chi connectivity index (χ0v) is 12.9. The molecule has 0 aliphatic carbocycles. The lowest BCUT2D eigenvalue weighted by atomic mass is 10.1. The fourth-order valence-corrected chi connectivity index (χ4v) is 2.58. The molecule has 1 aromatic heterocycles. The number of rotatable bonds is 4. The highest BCUT2D eigenvalue weighted by Gasteiger charge is 2.28. The van der Waals surface area contributed by atoms with Gasteiger partial charge in [0.05, 0.1) is 11.9 Å². The summed E-state index contributed by atoms with van der Waals surface area (Å²) in [7, 11) is 0. The summed E-state index contributed by atoms with van der Waals surface area (Å²) in [5.41, 5.74) is 2.33. The Balaban J connectivity index is 2.06. The summed E-state index contributed by atoms with van der Waals surface area (Å²) in [5.74, 6) is 0.852. The van der Waals surface area contributed by atoms with Gasteiger partial charge in [0.25, 0.3) is 11.8 Å². The molecule has 22 heavy (non-hydrogen) atoms. The van der Waals surface area contributed by atoms with E-state index in [1.165, 1.54) is 6.20 Å². The van der Waals surface area contributed by atoms with E-state index in [0.29, 0.717) is 17.9 Å². The van der Waals surface area contributed by atoms with E-state index in [2.05, 4.69) is 17.1 Å².